The second-order valence-electron chi connectivity index (χ2n) is 2.51. The molecule has 0 aromatic heterocycles. The van der Waals surface area contributed by atoms with Crippen LogP contribution in [0.15, 0.2) is 29.4 Å². The molecule has 0 aromatic carbocycles. The quantitative estimate of drug-likeness (QED) is 0.313. The predicted molar refractivity (Wildman–Crippen MR) is 52.0 cm³/mol. The van der Waals surface area contributed by atoms with Gasteiger partial charge >= 0.3 is 0 Å². The lowest BCUT2D eigenvalue weighted by Crippen LogP contribution is -1.79. The Morgan fingerprint density at radius 3 is 2.64 bits per heavy atom. The molecule has 1 heteroatoms. The first-order valence-corrected chi connectivity index (χ1v) is 4.13. The summed E-state index contributed by atoms with van der Waals surface area (Å²) in [6.07, 6.45) is 8.43. The van der Waals surface area contributed by atoms with Gasteiger partial charge in [-0.15, -0.1) is 0 Å². The molecule has 0 radical (unpaired) electrons. The Kier molecular flexibility index (Phi) is 6.70. The highest BCUT2D eigenvalue weighted by Crippen LogP contribution is 2.09. The predicted octanol–water partition coefficient (Wildman–Crippen LogP) is 3.34. The zero-order valence-corrected chi connectivity index (χ0v) is 7.34. The van der Waals surface area contributed by atoms with Crippen molar-refractivity contribution in [2.75, 3.05) is 0 Å². The van der Waals surface area contributed by atoms with E-state index in [0.29, 0.717) is 0 Å². The zero-order valence-electron chi connectivity index (χ0n) is 7.34. The molecule has 0 unspecified atom stereocenters. The number of aliphatic imine (C=N–C) groups is 1. The lowest BCUT2D eigenvalue weighted by molar-refractivity contribution is 0.710. The van der Waals surface area contributed by atoms with Gasteiger partial charge in [-0.25, -0.2) is 0 Å². The van der Waals surface area contributed by atoms with Crippen LogP contribution in [0.2, 0.25) is 0 Å². The van der Waals surface area contributed by atoms with Crippen LogP contribution >= 0.6 is 0 Å². The first-order valence-electron chi connectivity index (χ1n) is 4.13. The summed E-state index contributed by atoms with van der Waals surface area (Å²) in [4.78, 5) is 3.89. The van der Waals surface area contributed by atoms with Crippen molar-refractivity contribution < 1.29 is 0 Å². The zero-order chi connectivity index (χ0) is 8.53. The second kappa shape index (κ2) is 7.26. The third-order valence-corrected chi connectivity index (χ3v) is 1.55. The van der Waals surface area contributed by atoms with Gasteiger partial charge in [-0.05, 0) is 25.6 Å². The van der Waals surface area contributed by atoms with Gasteiger partial charge in [0.15, 0.2) is 0 Å². The van der Waals surface area contributed by atoms with Crippen LogP contribution < -0.4 is 0 Å². The molecule has 0 N–H and O–H groups in total. The van der Waals surface area contributed by atoms with Crippen LogP contribution in [0.5, 0.6) is 0 Å². The first-order chi connectivity index (χ1) is 5.35. The van der Waals surface area contributed by atoms with E-state index >= 15 is 0 Å². The third kappa shape index (κ3) is 5.59. The molecule has 0 aliphatic carbocycles. The molecule has 62 valence electrons. The Labute approximate surface area is 69.5 Å². The van der Waals surface area contributed by atoms with Crippen LogP contribution in [0.4, 0.5) is 0 Å². The molecule has 0 atom stereocenters. The van der Waals surface area contributed by atoms with E-state index in [-0.39, 0.29) is 0 Å². The highest BCUT2D eigenvalue weighted by molar-refractivity contribution is 5.29. The van der Waals surface area contributed by atoms with Gasteiger partial charge in [-0.1, -0.05) is 32.4 Å². The standard InChI is InChI=1S/C10H17N/c1-4-6-7-9-10(11-3)8-5-2/h5,8H,2-4,6-7,9H2,1H3/b10-8-. The van der Waals surface area contributed by atoms with E-state index in [1.165, 1.54) is 19.3 Å². The Morgan fingerprint density at radius 2 is 2.18 bits per heavy atom. The maximum Gasteiger partial charge on any atom is 0.0396 e. The van der Waals surface area contributed by atoms with Gasteiger partial charge in [-0.2, -0.15) is 0 Å². The van der Waals surface area contributed by atoms with E-state index in [0.717, 1.165) is 12.1 Å². The summed E-state index contributed by atoms with van der Waals surface area (Å²) in [7, 11) is 0. The fourth-order valence-electron chi connectivity index (χ4n) is 0.907. The van der Waals surface area contributed by atoms with Gasteiger partial charge in [0.25, 0.3) is 0 Å². The van der Waals surface area contributed by atoms with Gasteiger partial charge in [0, 0.05) is 5.70 Å². The minimum atomic E-state index is 1.03. The van der Waals surface area contributed by atoms with Crippen molar-refractivity contribution in [3.8, 4) is 0 Å². The summed E-state index contributed by atoms with van der Waals surface area (Å²) in [5.41, 5.74) is 1.05. The lowest BCUT2D eigenvalue weighted by atomic mass is 10.1. The Hall–Kier alpha value is -0.850. The molecule has 0 saturated carbocycles. The fraction of sp³-hybridized carbons (Fsp3) is 0.500. The van der Waals surface area contributed by atoms with Crippen LogP contribution in [-0.4, -0.2) is 6.72 Å². The van der Waals surface area contributed by atoms with Crippen LogP contribution in [-0.2, 0) is 0 Å². The van der Waals surface area contributed by atoms with Crippen molar-refractivity contribution in [3.63, 3.8) is 0 Å². The molecule has 0 bridgehead atoms. The number of hydrogen-bond donors (Lipinski definition) is 0. The average molecular weight is 151 g/mol. The monoisotopic (exact) mass is 151 g/mol. The molecule has 0 aliphatic heterocycles. The molecule has 0 rings (SSSR count). The largest absolute Gasteiger partial charge is 0.269 e. The van der Waals surface area contributed by atoms with Crippen LogP contribution in [0.3, 0.4) is 0 Å². The number of unbranched alkanes of at least 4 members (excludes halogenated alkanes) is 2. The topological polar surface area (TPSA) is 12.4 Å². The summed E-state index contributed by atoms with van der Waals surface area (Å²) in [5.74, 6) is 0. The van der Waals surface area contributed by atoms with Crippen LogP contribution in [0, 0.1) is 0 Å². The van der Waals surface area contributed by atoms with Crippen LogP contribution in [0.25, 0.3) is 0 Å². The Morgan fingerprint density at radius 1 is 1.45 bits per heavy atom. The molecule has 0 saturated heterocycles. The Balaban J connectivity index is 3.60. The van der Waals surface area contributed by atoms with Gasteiger partial charge in [0.2, 0.25) is 0 Å². The number of rotatable bonds is 6. The van der Waals surface area contributed by atoms with Gasteiger partial charge in [0.1, 0.15) is 0 Å². The Bertz CT molecular complexity index is 145. The van der Waals surface area contributed by atoms with Crippen molar-refractivity contribution >= 4 is 6.72 Å². The van der Waals surface area contributed by atoms with E-state index in [1.54, 1.807) is 6.08 Å². The summed E-state index contributed by atoms with van der Waals surface area (Å²) in [6.45, 7) is 9.30. The summed E-state index contributed by atoms with van der Waals surface area (Å²) >= 11 is 0. The van der Waals surface area contributed by atoms with Gasteiger partial charge in [-0.3, -0.25) is 4.99 Å². The first kappa shape index (κ1) is 10.2. The maximum absolute atomic E-state index is 3.89. The summed E-state index contributed by atoms with van der Waals surface area (Å²) in [6, 6.07) is 0. The van der Waals surface area contributed by atoms with Crippen molar-refractivity contribution in [1.29, 1.82) is 0 Å². The normalized spacial score (nSPS) is 11.2. The van der Waals surface area contributed by atoms with Gasteiger partial charge in [0.05, 0.1) is 0 Å². The van der Waals surface area contributed by atoms with Crippen molar-refractivity contribution in [2.24, 2.45) is 4.99 Å². The SMILES string of the molecule is C=C/C=C(/CCCCC)N=C. The highest BCUT2D eigenvalue weighted by atomic mass is 14.7. The third-order valence-electron chi connectivity index (χ3n) is 1.55. The van der Waals surface area contributed by atoms with Crippen molar-refractivity contribution in [3.05, 3.63) is 24.4 Å². The number of nitrogens with zero attached hydrogens (tertiary/aromatic N) is 1. The molecule has 0 heterocycles. The van der Waals surface area contributed by atoms with E-state index in [2.05, 4.69) is 25.2 Å². The molecule has 0 aliphatic rings. The minimum absolute atomic E-state index is 1.03. The number of hydrogen-bond acceptors (Lipinski definition) is 1. The molecule has 1 nitrogen and oxygen atoms in total. The highest BCUT2D eigenvalue weighted by Gasteiger charge is 1.90. The fourth-order valence-corrected chi connectivity index (χ4v) is 0.907. The van der Waals surface area contributed by atoms with E-state index in [1.807, 2.05) is 6.08 Å². The molecule has 0 amide bonds. The van der Waals surface area contributed by atoms with Crippen molar-refractivity contribution in [2.45, 2.75) is 32.6 Å². The molecule has 0 aromatic rings. The lowest BCUT2D eigenvalue weighted by Gasteiger charge is -1.97. The average Bonchev–Trinajstić information content (AvgIpc) is 2.03. The van der Waals surface area contributed by atoms with E-state index < -0.39 is 0 Å². The molecule has 11 heavy (non-hydrogen) atoms. The van der Waals surface area contributed by atoms with E-state index in [4.69, 9.17) is 0 Å². The molecular weight excluding hydrogens is 134 g/mol. The summed E-state index contributed by atoms with van der Waals surface area (Å²) in [5, 5.41) is 0. The van der Waals surface area contributed by atoms with Crippen molar-refractivity contribution in [1.82, 2.24) is 0 Å². The molecular formula is C10H17N. The smallest absolute Gasteiger partial charge is 0.0396 e. The van der Waals surface area contributed by atoms with E-state index in [9.17, 15) is 0 Å². The molecule has 0 spiro atoms. The van der Waals surface area contributed by atoms with Gasteiger partial charge < -0.3 is 0 Å². The second-order valence-corrected chi connectivity index (χ2v) is 2.51. The summed E-state index contributed by atoms with van der Waals surface area (Å²) < 4.78 is 0. The number of allylic oxidation sites excluding steroid dienone is 3. The molecule has 0 fully saturated rings. The minimum Gasteiger partial charge on any atom is -0.269 e. The maximum atomic E-state index is 3.89. The van der Waals surface area contributed by atoms with Crippen LogP contribution in [0.1, 0.15) is 32.6 Å².